The Morgan fingerprint density at radius 2 is 2.36 bits per heavy atom. The summed E-state index contributed by atoms with van der Waals surface area (Å²) in [5, 5.41) is 0. The van der Waals surface area contributed by atoms with Crippen LogP contribution in [0, 0.1) is 11.8 Å². The van der Waals surface area contributed by atoms with Crippen LogP contribution in [0.3, 0.4) is 0 Å². The number of hydroxylamine groups is 1. The van der Waals surface area contributed by atoms with Crippen LogP contribution in [0.25, 0.3) is 0 Å². The van der Waals surface area contributed by atoms with Crippen LogP contribution in [-0.4, -0.2) is 12.5 Å². The van der Waals surface area contributed by atoms with E-state index in [1.807, 2.05) is 6.92 Å². The molecule has 1 aliphatic rings. The molecule has 3 nitrogen and oxygen atoms in total. The van der Waals surface area contributed by atoms with Gasteiger partial charge >= 0.3 is 0 Å². The van der Waals surface area contributed by atoms with E-state index in [4.69, 9.17) is 4.84 Å². The molecule has 1 fully saturated rings. The number of amides is 1. The molecule has 0 spiro atoms. The normalized spacial score (nSPS) is 28.2. The van der Waals surface area contributed by atoms with E-state index in [1.54, 1.807) is 0 Å². The van der Waals surface area contributed by atoms with Crippen molar-refractivity contribution < 1.29 is 9.63 Å². The summed E-state index contributed by atoms with van der Waals surface area (Å²) in [5.74, 6) is 1.36. The highest BCUT2D eigenvalue weighted by atomic mass is 16.6. The Hall–Kier alpha value is -0.570. The molecule has 1 aliphatic carbocycles. The molecule has 0 heterocycles. The topological polar surface area (TPSA) is 38.3 Å². The average Bonchev–Trinajstić information content (AvgIpc) is 2.62. The van der Waals surface area contributed by atoms with Gasteiger partial charge in [0.25, 0.3) is 0 Å². The smallest absolute Gasteiger partial charge is 0.243 e. The second-order valence-electron chi connectivity index (χ2n) is 3.14. The number of nitrogens with one attached hydrogen (secondary N) is 1. The minimum atomic E-state index is 0.0150. The standard InChI is InChI=1S/C8H15NO2/c1-3-11-9-8(10)5-7-4-6(7)2/h6-7H,3-5H2,1-2H3,(H,9,10). The van der Waals surface area contributed by atoms with Crippen molar-refractivity contribution in [3.8, 4) is 0 Å². The predicted octanol–water partition coefficient (Wildman–Crippen LogP) is 1.10. The maximum absolute atomic E-state index is 11.0. The lowest BCUT2D eigenvalue weighted by molar-refractivity contribution is -0.133. The SMILES string of the molecule is CCONC(=O)CC1CC1C. The quantitative estimate of drug-likeness (QED) is 0.620. The highest BCUT2D eigenvalue weighted by Crippen LogP contribution is 2.40. The fraction of sp³-hybridized carbons (Fsp3) is 0.875. The second-order valence-corrected chi connectivity index (χ2v) is 3.14. The minimum absolute atomic E-state index is 0.0150. The van der Waals surface area contributed by atoms with Gasteiger partial charge in [-0.2, -0.15) is 0 Å². The average molecular weight is 157 g/mol. The fourth-order valence-electron chi connectivity index (χ4n) is 1.12. The van der Waals surface area contributed by atoms with Crippen LogP contribution in [0.15, 0.2) is 0 Å². The molecule has 1 amide bonds. The zero-order chi connectivity index (χ0) is 8.27. The molecule has 0 aromatic carbocycles. The Morgan fingerprint density at radius 1 is 1.73 bits per heavy atom. The van der Waals surface area contributed by atoms with E-state index in [2.05, 4.69) is 12.4 Å². The van der Waals surface area contributed by atoms with Gasteiger partial charge in [0.15, 0.2) is 0 Å². The third-order valence-corrected chi connectivity index (χ3v) is 2.05. The van der Waals surface area contributed by atoms with Crippen LogP contribution in [0.2, 0.25) is 0 Å². The number of hydrogen-bond donors (Lipinski definition) is 1. The summed E-state index contributed by atoms with van der Waals surface area (Å²) in [7, 11) is 0. The second kappa shape index (κ2) is 3.72. The summed E-state index contributed by atoms with van der Waals surface area (Å²) in [5.41, 5.74) is 2.39. The van der Waals surface area contributed by atoms with E-state index in [9.17, 15) is 4.79 Å². The molecule has 1 saturated carbocycles. The Balaban J connectivity index is 2.02. The summed E-state index contributed by atoms with van der Waals surface area (Å²) in [4.78, 5) is 15.7. The van der Waals surface area contributed by atoms with E-state index in [-0.39, 0.29) is 5.91 Å². The van der Waals surface area contributed by atoms with Crippen molar-refractivity contribution >= 4 is 5.91 Å². The van der Waals surface area contributed by atoms with Crippen LogP contribution < -0.4 is 5.48 Å². The largest absolute Gasteiger partial charge is 0.274 e. The molecular weight excluding hydrogens is 142 g/mol. The summed E-state index contributed by atoms with van der Waals surface area (Å²) < 4.78 is 0. The molecule has 0 bridgehead atoms. The molecule has 11 heavy (non-hydrogen) atoms. The first kappa shape index (κ1) is 8.53. The van der Waals surface area contributed by atoms with E-state index in [0.29, 0.717) is 18.9 Å². The molecule has 0 aromatic rings. The highest BCUT2D eigenvalue weighted by Gasteiger charge is 2.34. The van der Waals surface area contributed by atoms with Crippen LogP contribution in [-0.2, 0) is 9.63 Å². The van der Waals surface area contributed by atoms with Crippen LogP contribution >= 0.6 is 0 Å². The van der Waals surface area contributed by atoms with Crippen molar-refractivity contribution in [2.75, 3.05) is 6.61 Å². The molecule has 64 valence electrons. The summed E-state index contributed by atoms with van der Waals surface area (Å²) in [6.07, 6.45) is 1.82. The van der Waals surface area contributed by atoms with Crippen molar-refractivity contribution in [1.29, 1.82) is 0 Å². The van der Waals surface area contributed by atoms with Crippen LogP contribution in [0.4, 0.5) is 0 Å². The van der Waals surface area contributed by atoms with Crippen molar-refractivity contribution in [1.82, 2.24) is 5.48 Å². The van der Waals surface area contributed by atoms with Gasteiger partial charge in [0.2, 0.25) is 5.91 Å². The van der Waals surface area contributed by atoms with Crippen molar-refractivity contribution in [3.63, 3.8) is 0 Å². The Bertz CT molecular complexity index is 147. The lowest BCUT2D eigenvalue weighted by Crippen LogP contribution is -2.23. The fourth-order valence-corrected chi connectivity index (χ4v) is 1.12. The summed E-state index contributed by atoms with van der Waals surface area (Å²) in [6.45, 7) is 4.55. The monoisotopic (exact) mass is 157 g/mol. The number of rotatable bonds is 4. The number of carbonyl (C=O) groups is 1. The number of carbonyl (C=O) groups excluding carboxylic acids is 1. The molecular formula is C8H15NO2. The van der Waals surface area contributed by atoms with Gasteiger partial charge in [-0.15, -0.1) is 0 Å². The third kappa shape index (κ3) is 2.89. The van der Waals surface area contributed by atoms with Crippen LogP contribution in [0.5, 0.6) is 0 Å². The lowest BCUT2D eigenvalue weighted by atomic mass is 10.2. The van der Waals surface area contributed by atoms with E-state index >= 15 is 0 Å². The molecule has 1 rings (SSSR count). The molecule has 1 N–H and O–H groups in total. The minimum Gasteiger partial charge on any atom is -0.274 e. The van der Waals surface area contributed by atoms with Crippen molar-refractivity contribution in [2.24, 2.45) is 11.8 Å². The first-order chi connectivity index (χ1) is 5.24. The molecule has 3 heteroatoms. The predicted molar refractivity (Wildman–Crippen MR) is 41.7 cm³/mol. The van der Waals surface area contributed by atoms with Gasteiger partial charge in [-0.05, 0) is 25.2 Å². The molecule has 2 unspecified atom stereocenters. The summed E-state index contributed by atoms with van der Waals surface area (Å²) in [6, 6.07) is 0. The molecule has 0 saturated heterocycles. The summed E-state index contributed by atoms with van der Waals surface area (Å²) >= 11 is 0. The highest BCUT2D eigenvalue weighted by molar-refractivity contribution is 5.75. The van der Waals surface area contributed by atoms with Gasteiger partial charge in [-0.1, -0.05) is 6.92 Å². The maximum Gasteiger partial charge on any atom is 0.243 e. The van der Waals surface area contributed by atoms with Gasteiger partial charge in [0.1, 0.15) is 0 Å². The Kier molecular flexibility index (Phi) is 2.88. The zero-order valence-corrected chi connectivity index (χ0v) is 7.09. The van der Waals surface area contributed by atoms with E-state index in [1.165, 1.54) is 6.42 Å². The van der Waals surface area contributed by atoms with Crippen molar-refractivity contribution in [3.05, 3.63) is 0 Å². The van der Waals surface area contributed by atoms with Crippen LogP contribution in [0.1, 0.15) is 26.7 Å². The van der Waals surface area contributed by atoms with Crippen molar-refractivity contribution in [2.45, 2.75) is 26.7 Å². The lowest BCUT2D eigenvalue weighted by Gasteiger charge is -2.01. The molecule has 0 aromatic heterocycles. The maximum atomic E-state index is 11.0. The van der Waals surface area contributed by atoms with Gasteiger partial charge < -0.3 is 0 Å². The molecule has 0 radical (unpaired) electrons. The Labute approximate surface area is 67.1 Å². The molecule has 0 aliphatic heterocycles. The van der Waals surface area contributed by atoms with Gasteiger partial charge in [-0.3, -0.25) is 9.63 Å². The van der Waals surface area contributed by atoms with E-state index < -0.39 is 0 Å². The van der Waals surface area contributed by atoms with Gasteiger partial charge in [0.05, 0.1) is 6.61 Å². The number of hydrogen-bond acceptors (Lipinski definition) is 2. The molecule has 2 atom stereocenters. The Morgan fingerprint density at radius 3 is 2.82 bits per heavy atom. The zero-order valence-electron chi connectivity index (χ0n) is 7.09. The third-order valence-electron chi connectivity index (χ3n) is 2.05. The first-order valence-corrected chi connectivity index (χ1v) is 4.14. The van der Waals surface area contributed by atoms with Gasteiger partial charge in [-0.25, -0.2) is 5.48 Å². The first-order valence-electron chi connectivity index (χ1n) is 4.14. The van der Waals surface area contributed by atoms with E-state index in [0.717, 1.165) is 5.92 Å². The van der Waals surface area contributed by atoms with Gasteiger partial charge in [0, 0.05) is 6.42 Å².